The molecule has 0 saturated carbocycles. The molecule has 6 nitrogen and oxygen atoms in total. The van der Waals surface area contributed by atoms with Gasteiger partial charge in [0.1, 0.15) is 10.5 Å². The maximum absolute atomic E-state index is 12.3. The molecular weight excluding hydrogens is 328 g/mol. The van der Waals surface area contributed by atoms with E-state index in [1.807, 2.05) is 0 Å². The summed E-state index contributed by atoms with van der Waals surface area (Å²) in [5.41, 5.74) is 0.243. The highest BCUT2D eigenvalue weighted by molar-refractivity contribution is 7.92. The summed E-state index contributed by atoms with van der Waals surface area (Å²) in [6, 6.07) is 8.71. The van der Waals surface area contributed by atoms with Crippen molar-refractivity contribution in [3.05, 3.63) is 64.2 Å². The summed E-state index contributed by atoms with van der Waals surface area (Å²) in [5.74, 6) is 0. The Balaban J connectivity index is 1.98. The number of fused-ring (bicyclic) bond motifs is 1. The topological polar surface area (TPSA) is 89.3 Å². The molecule has 0 bridgehead atoms. The molecule has 0 unspecified atom stereocenters. The zero-order valence-corrected chi connectivity index (χ0v) is 12.6. The zero-order valence-electron chi connectivity index (χ0n) is 11.0. The van der Waals surface area contributed by atoms with Gasteiger partial charge in [-0.3, -0.25) is 9.71 Å². The molecule has 3 rings (SSSR count). The fraction of sp³-hybridized carbons (Fsp3) is 0. The van der Waals surface area contributed by atoms with E-state index >= 15 is 0 Å². The van der Waals surface area contributed by atoms with Crippen molar-refractivity contribution in [2.45, 2.75) is 4.90 Å². The molecule has 0 aliphatic rings. The van der Waals surface area contributed by atoms with Gasteiger partial charge in [0.15, 0.2) is 0 Å². The summed E-state index contributed by atoms with van der Waals surface area (Å²) >= 11 is 5.75. The number of benzene rings is 1. The molecule has 1 N–H and O–H groups in total. The second-order valence-corrected chi connectivity index (χ2v) is 6.57. The first-order valence-corrected chi connectivity index (χ1v) is 7.97. The quantitative estimate of drug-likeness (QED) is 0.743. The van der Waals surface area contributed by atoms with E-state index in [1.165, 1.54) is 36.7 Å². The molecule has 112 valence electrons. The van der Waals surface area contributed by atoms with Crippen LogP contribution in [0.15, 0.2) is 62.9 Å². The lowest BCUT2D eigenvalue weighted by Gasteiger charge is -2.08. The first kappa shape index (κ1) is 14.6. The highest BCUT2D eigenvalue weighted by atomic mass is 35.5. The maximum Gasteiger partial charge on any atom is 0.336 e. The molecular formula is C14H9ClN2O4S. The third kappa shape index (κ3) is 2.95. The van der Waals surface area contributed by atoms with Crippen LogP contribution < -0.4 is 10.3 Å². The fourth-order valence-electron chi connectivity index (χ4n) is 1.89. The van der Waals surface area contributed by atoms with Crippen LogP contribution in [0.2, 0.25) is 5.02 Å². The smallest absolute Gasteiger partial charge is 0.336 e. The number of nitrogens with zero attached hydrogens (tertiary/aromatic N) is 1. The van der Waals surface area contributed by atoms with E-state index < -0.39 is 15.6 Å². The Bertz CT molecular complexity index is 1010. The number of nitrogens with one attached hydrogen (secondary N) is 1. The summed E-state index contributed by atoms with van der Waals surface area (Å²) in [7, 11) is -3.80. The van der Waals surface area contributed by atoms with Gasteiger partial charge in [0.2, 0.25) is 0 Å². The Labute approximate surface area is 130 Å². The maximum atomic E-state index is 12.3. The summed E-state index contributed by atoms with van der Waals surface area (Å²) < 4.78 is 31.9. The van der Waals surface area contributed by atoms with Crippen LogP contribution in [0.1, 0.15) is 0 Å². The molecule has 0 spiro atoms. The van der Waals surface area contributed by atoms with Crippen molar-refractivity contribution < 1.29 is 12.8 Å². The fourth-order valence-corrected chi connectivity index (χ4v) is 3.16. The van der Waals surface area contributed by atoms with Gasteiger partial charge in [0.25, 0.3) is 10.0 Å². The molecule has 1 aromatic carbocycles. The van der Waals surface area contributed by atoms with Crippen LogP contribution in [0.25, 0.3) is 11.0 Å². The van der Waals surface area contributed by atoms with Crippen molar-refractivity contribution in [2.24, 2.45) is 0 Å². The van der Waals surface area contributed by atoms with Crippen molar-refractivity contribution in [1.29, 1.82) is 0 Å². The van der Waals surface area contributed by atoms with Crippen molar-refractivity contribution in [3.8, 4) is 0 Å². The van der Waals surface area contributed by atoms with Gasteiger partial charge in [0, 0.05) is 29.5 Å². The van der Waals surface area contributed by atoms with Crippen molar-refractivity contribution in [3.63, 3.8) is 0 Å². The Morgan fingerprint density at radius 3 is 2.68 bits per heavy atom. The number of hydrogen-bond donors (Lipinski definition) is 1. The van der Waals surface area contributed by atoms with E-state index in [4.69, 9.17) is 16.0 Å². The van der Waals surface area contributed by atoms with Crippen LogP contribution >= 0.6 is 11.6 Å². The third-order valence-electron chi connectivity index (χ3n) is 2.86. The van der Waals surface area contributed by atoms with Gasteiger partial charge in [-0.25, -0.2) is 13.2 Å². The largest absolute Gasteiger partial charge is 0.423 e. The number of anilines is 1. The first-order valence-electron chi connectivity index (χ1n) is 6.11. The van der Waals surface area contributed by atoms with Gasteiger partial charge in [-0.2, -0.15) is 0 Å². The Hall–Kier alpha value is -2.38. The second-order valence-electron chi connectivity index (χ2n) is 4.45. The van der Waals surface area contributed by atoms with E-state index in [-0.39, 0.29) is 9.92 Å². The molecule has 0 saturated heterocycles. The molecule has 2 aromatic heterocycles. The lowest BCUT2D eigenvalue weighted by atomic mass is 10.2. The van der Waals surface area contributed by atoms with Gasteiger partial charge < -0.3 is 4.42 Å². The molecule has 0 radical (unpaired) electrons. The molecule has 8 heteroatoms. The number of halogens is 1. The SMILES string of the molecule is O=c1ccc2cc(NS(=O)(=O)c3cncc(Cl)c3)ccc2o1. The van der Waals surface area contributed by atoms with Crippen LogP contribution in [0.5, 0.6) is 0 Å². The summed E-state index contributed by atoms with van der Waals surface area (Å²) in [4.78, 5) is 14.8. The Morgan fingerprint density at radius 1 is 1.09 bits per heavy atom. The van der Waals surface area contributed by atoms with E-state index in [0.717, 1.165) is 0 Å². The zero-order chi connectivity index (χ0) is 15.7. The molecule has 0 fully saturated rings. The molecule has 0 aliphatic heterocycles. The summed E-state index contributed by atoms with van der Waals surface area (Å²) in [5, 5.41) is 0.826. The van der Waals surface area contributed by atoms with Gasteiger partial charge in [-0.1, -0.05) is 11.6 Å². The average molecular weight is 337 g/mol. The van der Waals surface area contributed by atoms with E-state index in [0.29, 0.717) is 16.7 Å². The molecule has 2 heterocycles. The van der Waals surface area contributed by atoms with E-state index in [9.17, 15) is 13.2 Å². The van der Waals surface area contributed by atoms with E-state index in [2.05, 4.69) is 9.71 Å². The van der Waals surface area contributed by atoms with Crippen molar-refractivity contribution in [2.75, 3.05) is 4.72 Å². The number of hydrogen-bond acceptors (Lipinski definition) is 5. The van der Waals surface area contributed by atoms with Crippen molar-refractivity contribution >= 4 is 38.3 Å². The standard InChI is InChI=1S/C14H9ClN2O4S/c15-10-6-12(8-16-7-10)22(19,20)17-11-2-3-13-9(5-11)1-4-14(18)21-13/h1-8,17H. The molecule has 22 heavy (non-hydrogen) atoms. The normalized spacial score (nSPS) is 11.5. The van der Waals surface area contributed by atoms with Crippen LogP contribution in [-0.2, 0) is 10.0 Å². The number of pyridine rings is 1. The van der Waals surface area contributed by atoms with E-state index in [1.54, 1.807) is 12.1 Å². The van der Waals surface area contributed by atoms with Crippen LogP contribution in [-0.4, -0.2) is 13.4 Å². The second kappa shape index (κ2) is 5.43. The Kier molecular flexibility index (Phi) is 3.59. The van der Waals surface area contributed by atoms with Gasteiger partial charge in [0.05, 0.1) is 5.02 Å². The van der Waals surface area contributed by atoms with Crippen LogP contribution in [0.4, 0.5) is 5.69 Å². The monoisotopic (exact) mass is 336 g/mol. The van der Waals surface area contributed by atoms with Gasteiger partial charge in [-0.05, 0) is 30.3 Å². The number of sulfonamides is 1. The predicted molar refractivity (Wildman–Crippen MR) is 82.5 cm³/mol. The number of rotatable bonds is 3. The Morgan fingerprint density at radius 2 is 1.91 bits per heavy atom. The van der Waals surface area contributed by atoms with Gasteiger partial charge in [-0.15, -0.1) is 0 Å². The van der Waals surface area contributed by atoms with Gasteiger partial charge >= 0.3 is 5.63 Å². The molecule has 0 amide bonds. The summed E-state index contributed by atoms with van der Waals surface area (Å²) in [6.45, 7) is 0. The lowest BCUT2D eigenvalue weighted by Crippen LogP contribution is -2.13. The average Bonchev–Trinajstić information content (AvgIpc) is 2.47. The minimum Gasteiger partial charge on any atom is -0.423 e. The minimum absolute atomic E-state index is 0.0420. The minimum atomic E-state index is -3.80. The highest BCUT2D eigenvalue weighted by Gasteiger charge is 2.15. The lowest BCUT2D eigenvalue weighted by molar-refractivity contribution is 0.561. The van der Waals surface area contributed by atoms with Crippen LogP contribution in [0.3, 0.4) is 0 Å². The predicted octanol–water partition coefficient (Wildman–Crippen LogP) is 2.64. The molecule has 0 aliphatic carbocycles. The third-order valence-corrected chi connectivity index (χ3v) is 4.42. The molecule has 0 atom stereocenters. The van der Waals surface area contributed by atoms with Crippen LogP contribution in [0, 0.1) is 0 Å². The molecule has 3 aromatic rings. The number of aromatic nitrogens is 1. The van der Waals surface area contributed by atoms with Crippen molar-refractivity contribution in [1.82, 2.24) is 4.98 Å². The first-order chi connectivity index (χ1) is 10.4. The highest BCUT2D eigenvalue weighted by Crippen LogP contribution is 2.21. The summed E-state index contributed by atoms with van der Waals surface area (Å²) in [6.07, 6.45) is 2.55.